The number of anilines is 1. The van der Waals surface area contributed by atoms with Crippen molar-refractivity contribution in [3.63, 3.8) is 0 Å². The number of nitrogens with zero attached hydrogens (tertiary/aromatic N) is 2. The van der Waals surface area contributed by atoms with Crippen LogP contribution in [0.1, 0.15) is 12.8 Å². The Morgan fingerprint density at radius 3 is 2.64 bits per heavy atom. The van der Waals surface area contributed by atoms with Crippen molar-refractivity contribution in [3.8, 4) is 11.4 Å². The second-order valence-corrected chi connectivity index (χ2v) is 5.58. The lowest BCUT2D eigenvalue weighted by molar-refractivity contribution is -0.135. The van der Waals surface area contributed by atoms with Crippen LogP contribution < -0.4 is 11.1 Å². The SMILES string of the molecule is NC(=O)C1CCC1C(=O)Nc1n[nH]c(-c2ccccc2Cl)n1. The van der Waals surface area contributed by atoms with Crippen LogP contribution >= 0.6 is 11.6 Å². The van der Waals surface area contributed by atoms with Crippen molar-refractivity contribution in [3.05, 3.63) is 29.3 Å². The van der Waals surface area contributed by atoms with Gasteiger partial charge >= 0.3 is 0 Å². The van der Waals surface area contributed by atoms with E-state index < -0.39 is 17.7 Å². The van der Waals surface area contributed by atoms with Crippen LogP contribution in [-0.2, 0) is 9.59 Å². The number of aromatic nitrogens is 3. The van der Waals surface area contributed by atoms with E-state index >= 15 is 0 Å². The third-order valence-corrected chi connectivity index (χ3v) is 4.16. The van der Waals surface area contributed by atoms with Crippen molar-refractivity contribution in [2.45, 2.75) is 12.8 Å². The molecule has 0 spiro atoms. The van der Waals surface area contributed by atoms with Gasteiger partial charge in [0.25, 0.3) is 0 Å². The molecule has 1 heterocycles. The van der Waals surface area contributed by atoms with Gasteiger partial charge in [0, 0.05) is 17.4 Å². The Balaban J connectivity index is 1.71. The van der Waals surface area contributed by atoms with Gasteiger partial charge in [-0.3, -0.25) is 20.0 Å². The first-order valence-electron chi connectivity index (χ1n) is 6.83. The zero-order valence-electron chi connectivity index (χ0n) is 11.5. The highest BCUT2D eigenvalue weighted by molar-refractivity contribution is 6.33. The van der Waals surface area contributed by atoms with Crippen LogP contribution in [-0.4, -0.2) is 27.0 Å². The molecule has 0 saturated heterocycles. The summed E-state index contributed by atoms with van der Waals surface area (Å²) in [4.78, 5) is 27.4. The molecule has 2 unspecified atom stereocenters. The summed E-state index contributed by atoms with van der Waals surface area (Å²) in [6.07, 6.45) is 1.29. The summed E-state index contributed by atoms with van der Waals surface area (Å²) >= 11 is 6.08. The molecule has 22 heavy (non-hydrogen) atoms. The van der Waals surface area contributed by atoms with Gasteiger partial charge in [-0.05, 0) is 25.0 Å². The average molecular weight is 320 g/mol. The number of H-pyrrole nitrogens is 1. The molecular formula is C14H14ClN5O2. The van der Waals surface area contributed by atoms with E-state index in [-0.39, 0.29) is 11.9 Å². The molecule has 1 aromatic carbocycles. The second kappa shape index (κ2) is 5.76. The van der Waals surface area contributed by atoms with Crippen LogP contribution in [0.5, 0.6) is 0 Å². The fourth-order valence-electron chi connectivity index (χ4n) is 2.45. The average Bonchev–Trinajstić information content (AvgIpc) is 2.85. The summed E-state index contributed by atoms with van der Waals surface area (Å²) in [5, 5.41) is 9.79. The van der Waals surface area contributed by atoms with E-state index in [0.29, 0.717) is 29.3 Å². The number of aromatic amines is 1. The third kappa shape index (κ3) is 2.67. The molecule has 8 heteroatoms. The number of amides is 2. The van der Waals surface area contributed by atoms with Gasteiger partial charge < -0.3 is 5.73 Å². The number of hydrogen-bond donors (Lipinski definition) is 3. The molecule has 114 valence electrons. The maximum atomic E-state index is 12.1. The van der Waals surface area contributed by atoms with Crippen LogP contribution in [0, 0.1) is 11.8 Å². The number of halogens is 1. The molecular weight excluding hydrogens is 306 g/mol. The maximum absolute atomic E-state index is 12.1. The van der Waals surface area contributed by atoms with Gasteiger partial charge in [0.2, 0.25) is 17.8 Å². The van der Waals surface area contributed by atoms with Gasteiger partial charge in [0.15, 0.2) is 5.82 Å². The number of rotatable bonds is 4. The lowest BCUT2D eigenvalue weighted by atomic mass is 9.72. The van der Waals surface area contributed by atoms with E-state index in [0.717, 1.165) is 0 Å². The minimum Gasteiger partial charge on any atom is -0.369 e. The quantitative estimate of drug-likeness (QED) is 0.793. The molecule has 2 amide bonds. The molecule has 1 fully saturated rings. The minimum absolute atomic E-state index is 0.148. The summed E-state index contributed by atoms with van der Waals surface area (Å²) in [7, 11) is 0. The Labute approximate surface area is 131 Å². The highest BCUT2D eigenvalue weighted by atomic mass is 35.5. The van der Waals surface area contributed by atoms with Crippen LogP contribution in [0.2, 0.25) is 5.02 Å². The molecule has 0 aliphatic heterocycles. The molecule has 1 aliphatic carbocycles. The van der Waals surface area contributed by atoms with Crippen molar-refractivity contribution in [1.29, 1.82) is 0 Å². The number of primary amides is 1. The molecule has 1 aromatic heterocycles. The Hall–Kier alpha value is -2.41. The fourth-order valence-corrected chi connectivity index (χ4v) is 2.67. The van der Waals surface area contributed by atoms with Gasteiger partial charge in [-0.15, -0.1) is 5.10 Å². The molecule has 2 aromatic rings. The van der Waals surface area contributed by atoms with E-state index in [4.69, 9.17) is 17.3 Å². The van der Waals surface area contributed by atoms with Gasteiger partial charge in [0.1, 0.15) is 0 Å². The molecule has 0 radical (unpaired) electrons. The first-order chi connectivity index (χ1) is 10.6. The molecule has 4 N–H and O–H groups in total. The second-order valence-electron chi connectivity index (χ2n) is 5.17. The summed E-state index contributed by atoms with van der Waals surface area (Å²) in [6, 6.07) is 7.17. The lowest BCUT2D eigenvalue weighted by Crippen LogP contribution is -2.44. The Morgan fingerprint density at radius 1 is 1.27 bits per heavy atom. The topological polar surface area (TPSA) is 114 Å². The van der Waals surface area contributed by atoms with Crippen LogP contribution in [0.4, 0.5) is 5.95 Å². The van der Waals surface area contributed by atoms with Crippen LogP contribution in [0.25, 0.3) is 11.4 Å². The highest BCUT2D eigenvalue weighted by Gasteiger charge is 2.40. The maximum Gasteiger partial charge on any atom is 0.249 e. The summed E-state index contributed by atoms with van der Waals surface area (Å²) < 4.78 is 0. The van der Waals surface area contributed by atoms with Crippen molar-refractivity contribution < 1.29 is 9.59 Å². The first-order valence-corrected chi connectivity index (χ1v) is 7.21. The predicted molar refractivity (Wildman–Crippen MR) is 80.9 cm³/mol. The van der Waals surface area contributed by atoms with Crippen molar-refractivity contribution in [2.24, 2.45) is 17.6 Å². The predicted octanol–water partition coefficient (Wildman–Crippen LogP) is 1.58. The van der Waals surface area contributed by atoms with Crippen molar-refractivity contribution in [1.82, 2.24) is 15.2 Å². The minimum atomic E-state index is -0.446. The Kier molecular flexibility index (Phi) is 3.81. The summed E-state index contributed by atoms with van der Waals surface area (Å²) in [5.41, 5.74) is 5.94. The van der Waals surface area contributed by atoms with E-state index in [9.17, 15) is 9.59 Å². The summed E-state index contributed by atoms with van der Waals surface area (Å²) in [5.74, 6) is -0.935. The van der Waals surface area contributed by atoms with E-state index in [1.807, 2.05) is 12.1 Å². The standard InChI is InChI=1S/C14H14ClN5O2/c15-10-4-2-1-3-9(10)12-17-14(20-19-12)18-13(22)8-6-5-7(8)11(16)21/h1-4,7-8H,5-6H2,(H2,16,21)(H2,17,18,19,20,22). The monoisotopic (exact) mass is 319 g/mol. The number of hydrogen-bond acceptors (Lipinski definition) is 4. The summed E-state index contributed by atoms with van der Waals surface area (Å²) in [6.45, 7) is 0. The number of carbonyl (C=O) groups is 2. The van der Waals surface area contributed by atoms with E-state index in [1.165, 1.54) is 0 Å². The largest absolute Gasteiger partial charge is 0.369 e. The fraction of sp³-hybridized carbons (Fsp3) is 0.286. The number of nitrogens with one attached hydrogen (secondary N) is 2. The number of nitrogens with two attached hydrogens (primary N) is 1. The molecule has 7 nitrogen and oxygen atoms in total. The van der Waals surface area contributed by atoms with Crippen LogP contribution in [0.15, 0.2) is 24.3 Å². The molecule has 1 aliphatic rings. The highest BCUT2D eigenvalue weighted by Crippen LogP contribution is 2.34. The van der Waals surface area contributed by atoms with E-state index in [1.54, 1.807) is 12.1 Å². The number of carbonyl (C=O) groups excluding carboxylic acids is 2. The van der Waals surface area contributed by atoms with Crippen LogP contribution in [0.3, 0.4) is 0 Å². The van der Waals surface area contributed by atoms with E-state index in [2.05, 4.69) is 20.5 Å². The van der Waals surface area contributed by atoms with Crippen molar-refractivity contribution >= 4 is 29.4 Å². The van der Waals surface area contributed by atoms with Crippen molar-refractivity contribution in [2.75, 3.05) is 5.32 Å². The molecule has 3 rings (SSSR count). The Bertz CT molecular complexity index is 730. The van der Waals surface area contributed by atoms with Gasteiger partial charge in [-0.25, -0.2) is 0 Å². The third-order valence-electron chi connectivity index (χ3n) is 3.83. The molecule has 0 bridgehead atoms. The Morgan fingerprint density at radius 2 is 2.00 bits per heavy atom. The molecule has 1 saturated carbocycles. The molecule has 2 atom stereocenters. The zero-order chi connectivity index (χ0) is 15.7. The zero-order valence-corrected chi connectivity index (χ0v) is 12.3. The normalized spacial score (nSPS) is 20.2. The smallest absolute Gasteiger partial charge is 0.249 e. The number of benzene rings is 1. The van der Waals surface area contributed by atoms with Gasteiger partial charge in [0.05, 0.1) is 5.02 Å². The lowest BCUT2D eigenvalue weighted by Gasteiger charge is -2.32. The first kappa shape index (κ1) is 14.5. The van der Waals surface area contributed by atoms with Gasteiger partial charge in [-0.1, -0.05) is 23.7 Å². The van der Waals surface area contributed by atoms with Gasteiger partial charge in [-0.2, -0.15) is 4.98 Å².